The van der Waals surface area contributed by atoms with Crippen molar-refractivity contribution in [2.45, 2.75) is 39.7 Å². The summed E-state index contributed by atoms with van der Waals surface area (Å²) in [6.07, 6.45) is 1.79. The molecule has 4 heteroatoms. The average Bonchev–Trinajstić information content (AvgIpc) is 2.68. The monoisotopic (exact) mass is 368 g/mol. The molecule has 4 nitrogen and oxygen atoms in total. The molecule has 27 heavy (non-hydrogen) atoms. The largest absolute Gasteiger partial charge is 0.496 e. The number of carbonyl (C=O) groups excluding carboxylic acids is 1. The Morgan fingerprint density at radius 2 is 1.78 bits per heavy atom. The van der Waals surface area contributed by atoms with Crippen molar-refractivity contribution in [3.63, 3.8) is 0 Å². The summed E-state index contributed by atoms with van der Waals surface area (Å²) in [5.74, 6) is 1.28. The van der Waals surface area contributed by atoms with Crippen molar-refractivity contribution in [1.82, 2.24) is 10.6 Å². The van der Waals surface area contributed by atoms with Gasteiger partial charge in [-0.25, -0.2) is 0 Å². The molecule has 1 amide bonds. The quantitative estimate of drug-likeness (QED) is 0.669. The Kier molecular flexibility index (Phi) is 8.34. The number of hydrogen-bond acceptors (Lipinski definition) is 3. The predicted octanol–water partition coefficient (Wildman–Crippen LogP) is 3.90. The molecule has 146 valence electrons. The number of methoxy groups -OCH3 is 1. The van der Waals surface area contributed by atoms with E-state index in [4.69, 9.17) is 4.74 Å². The zero-order valence-corrected chi connectivity index (χ0v) is 16.9. The minimum atomic E-state index is 0.0146. The van der Waals surface area contributed by atoms with Gasteiger partial charge in [-0.3, -0.25) is 4.79 Å². The topological polar surface area (TPSA) is 50.4 Å². The van der Waals surface area contributed by atoms with Crippen LogP contribution in [0, 0.1) is 5.92 Å². The van der Waals surface area contributed by atoms with Crippen molar-refractivity contribution in [3.05, 3.63) is 65.2 Å². The lowest BCUT2D eigenvalue weighted by molar-refractivity contribution is -0.120. The fourth-order valence-corrected chi connectivity index (χ4v) is 3.21. The van der Waals surface area contributed by atoms with Gasteiger partial charge in [-0.2, -0.15) is 0 Å². The van der Waals surface area contributed by atoms with Crippen LogP contribution in [0.2, 0.25) is 0 Å². The second-order valence-corrected chi connectivity index (χ2v) is 7.11. The molecule has 0 unspecified atom stereocenters. The van der Waals surface area contributed by atoms with Gasteiger partial charge in [-0.05, 0) is 41.5 Å². The van der Waals surface area contributed by atoms with Crippen LogP contribution >= 0.6 is 0 Å². The van der Waals surface area contributed by atoms with Crippen molar-refractivity contribution >= 4 is 5.91 Å². The van der Waals surface area contributed by atoms with Gasteiger partial charge < -0.3 is 15.4 Å². The molecule has 0 aliphatic carbocycles. The van der Waals surface area contributed by atoms with Crippen LogP contribution in [-0.4, -0.2) is 26.1 Å². The van der Waals surface area contributed by atoms with Crippen LogP contribution in [0.3, 0.4) is 0 Å². The Bertz CT molecular complexity index is 711. The smallest absolute Gasteiger partial charge is 0.233 e. The molecular formula is C23H32N2O2. The molecule has 2 aromatic carbocycles. The zero-order valence-electron chi connectivity index (χ0n) is 16.9. The Morgan fingerprint density at radius 3 is 2.41 bits per heavy atom. The molecule has 0 saturated heterocycles. The minimum Gasteiger partial charge on any atom is -0.496 e. The summed E-state index contributed by atoms with van der Waals surface area (Å²) in [4.78, 5) is 12.2. The van der Waals surface area contributed by atoms with E-state index in [0.29, 0.717) is 19.0 Å². The maximum Gasteiger partial charge on any atom is 0.233 e. The van der Waals surface area contributed by atoms with Crippen molar-refractivity contribution in [1.29, 1.82) is 0 Å². The molecule has 0 aromatic heterocycles. The van der Waals surface area contributed by atoms with E-state index in [2.05, 4.69) is 55.7 Å². The van der Waals surface area contributed by atoms with Gasteiger partial charge in [0.2, 0.25) is 5.91 Å². The van der Waals surface area contributed by atoms with Crippen LogP contribution in [0.5, 0.6) is 5.75 Å². The summed E-state index contributed by atoms with van der Waals surface area (Å²) < 4.78 is 5.35. The van der Waals surface area contributed by atoms with Gasteiger partial charge in [-0.1, -0.05) is 63.2 Å². The SMILES string of the molecule is CCc1ccc([C@@H](NCC(=O)NCCc2ccccc2OC)C(C)C)cc1. The van der Waals surface area contributed by atoms with E-state index in [1.54, 1.807) is 7.11 Å². The van der Waals surface area contributed by atoms with Gasteiger partial charge in [-0.15, -0.1) is 0 Å². The Morgan fingerprint density at radius 1 is 1.07 bits per heavy atom. The number of rotatable bonds is 10. The fourth-order valence-electron chi connectivity index (χ4n) is 3.21. The molecule has 0 heterocycles. The van der Waals surface area contributed by atoms with Crippen LogP contribution < -0.4 is 15.4 Å². The van der Waals surface area contributed by atoms with Gasteiger partial charge in [0, 0.05) is 12.6 Å². The molecule has 2 rings (SSSR count). The number of nitrogens with one attached hydrogen (secondary N) is 2. The van der Waals surface area contributed by atoms with Gasteiger partial charge in [0.15, 0.2) is 0 Å². The third-order valence-electron chi connectivity index (χ3n) is 4.81. The molecular weight excluding hydrogens is 336 g/mol. The van der Waals surface area contributed by atoms with Crippen LogP contribution in [-0.2, 0) is 17.6 Å². The molecule has 1 atom stereocenters. The number of carbonyl (C=O) groups is 1. The van der Waals surface area contributed by atoms with Crippen LogP contribution in [0.1, 0.15) is 43.5 Å². The molecule has 2 N–H and O–H groups in total. The van der Waals surface area contributed by atoms with E-state index in [1.807, 2.05) is 24.3 Å². The molecule has 0 aliphatic heterocycles. The van der Waals surface area contributed by atoms with E-state index in [9.17, 15) is 4.79 Å². The fraction of sp³-hybridized carbons (Fsp3) is 0.435. The zero-order chi connectivity index (χ0) is 19.6. The summed E-state index contributed by atoms with van der Waals surface area (Å²) in [5, 5.41) is 6.40. The third-order valence-corrected chi connectivity index (χ3v) is 4.81. The molecule has 0 spiro atoms. The number of ether oxygens (including phenoxy) is 1. The number of aryl methyl sites for hydroxylation is 1. The molecule has 0 bridgehead atoms. The lowest BCUT2D eigenvalue weighted by atomic mass is 9.95. The van der Waals surface area contributed by atoms with Crippen LogP contribution in [0.4, 0.5) is 0 Å². The lowest BCUT2D eigenvalue weighted by Crippen LogP contribution is -2.38. The highest BCUT2D eigenvalue weighted by molar-refractivity contribution is 5.78. The van der Waals surface area contributed by atoms with Crippen LogP contribution in [0.25, 0.3) is 0 Å². The summed E-state index contributed by atoms with van der Waals surface area (Å²) in [6.45, 7) is 7.40. The molecule has 0 radical (unpaired) electrons. The average molecular weight is 369 g/mol. The second-order valence-electron chi connectivity index (χ2n) is 7.11. The second kappa shape index (κ2) is 10.7. The van der Waals surface area contributed by atoms with E-state index in [1.165, 1.54) is 11.1 Å². The first-order chi connectivity index (χ1) is 13.0. The lowest BCUT2D eigenvalue weighted by Gasteiger charge is -2.23. The van der Waals surface area contributed by atoms with Gasteiger partial charge in [0.05, 0.1) is 13.7 Å². The van der Waals surface area contributed by atoms with E-state index >= 15 is 0 Å². The summed E-state index contributed by atoms with van der Waals surface area (Å²) in [6, 6.07) is 16.7. The molecule has 0 aliphatic rings. The number of para-hydroxylation sites is 1. The van der Waals surface area contributed by atoms with Crippen LogP contribution in [0.15, 0.2) is 48.5 Å². The number of benzene rings is 2. The standard InChI is InChI=1S/C23H32N2O2/c1-5-18-10-12-20(13-11-18)23(17(2)3)25-16-22(26)24-15-14-19-8-6-7-9-21(19)27-4/h6-13,17,23,25H,5,14-16H2,1-4H3,(H,24,26)/t23-/m0/s1. The van der Waals surface area contributed by atoms with Crippen molar-refractivity contribution in [2.75, 3.05) is 20.2 Å². The molecule has 0 fully saturated rings. The van der Waals surface area contributed by atoms with Crippen molar-refractivity contribution in [3.8, 4) is 5.75 Å². The van der Waals surface area contributed by atoms with Gasteiger partial charge in [0.25, 0.3) is 0 Å². The highest BCUT2D eigenvalue weighted by Gasteiger charge is 2.16. The third kappa shape index (κ3) is 6.40. The highest BCUT2D eigenvalue weighted by Crippen LogP contribution is 2.22. The first-order valence-corrected chi connectivity index (χ1v) is 9.76. The Hall–Kier alpha value is -2.33. The van der Waals surface area contributed by atoms with Crippen molar-refractivity contribution in [2.24, 2.45) is 5.92 Å². The minimum absolute atomic E-state index is 0.0146. The Balaban J connectivity index is 1.83. The summed E-state index contributed by atoms with van der Waals surface area (Å²) in [5.41, 5.74) is 3.66. The first-order valence-electron chi connectivity index (χ1n) is 9.76. The predicted molar refractivity (Wildman–Crippen MR) is 111 cm³/mol. The maximum absolute atomic E-state index is 12.2. The van der Waals surface area contributed by atoms with Gasteiger partial charge in [0.1, 0.15) is 5.75 Å². The molecule has 0 saturated carbocycles. The summed E-state index contributed by atoms with van der Waals surface area (Å²) in [7, 11) is 1.67. The Labute approximate surface area is 163 Å². The molecule has 2 aromatic rings. The highest BCUT2D eigenvalue weighted by atomic mass is 16.5. The number of hydrogen-bond donors (Lipinski definition) is 2. The van der Waals surface area contributed by atoms with E-state index in [-0.39, 0.29) is 11.9 Å². The number of amides is 1. The normalized spacial score (nSPS) is 12.0. The van der Waals surface area contributed by atoms with E-state index < -0.39 is 0 Å². The van der Waals surface area contributed by atoms with Gasteiger partial charge >= 0.3 is 0 Å². The van der Waals surface area contributed by atoms with E-state index in [0.717, 1.165) is 24.2 Å². The summed E-state index contributed by atoms with van der Waals surface area (Å²) >= 11 is 0. The first kappa shape index (κ1) is 21.0. The maximum atomic E-state index is 12.2. The van der Waals surface area contributed by atoms with Crippen molar-refractivity contribution < 1.29 is 9.53 Å².